The number of nitriles is 1. The van der Waals surface area contributed by atoms with Crippen LogP contribution in [0.3, 0.4) is 0 Å². The SMILES string of the molecule is CCCN(CC1CCCNC1)c1cc(C)ccc1C#N. The Labute approximate surface area is 122 Å². The summed E-state index contributed by atoms with van der Waals surface area (Å²) in [5, 5.41) is 12.8. The van der Waals surface area contributed by atoms with Gasteiger partial charge in [0.15, 0.2) is 0 Å². The van der Waals surface area contributed by atoms with Crippen LogP contribution >= 0.6 is 0 Å². The van der Waals surface area contributed by atoms with Crippen LogP contribution in [0.25, 0.3) is 0 Å². The Morgan fingerprint density at radius 3 is 2.95 bits per heavy atom. The third-order valence-corrected chi connectivity index (χ3v) is 3.99. The molecule has 1 aromatic carbocycles. The topological polar surface area (TPSA) is 39.1 Å². The van der Waals surface area contributed by atoms with Gasteiger partial charge in [0.25, 0.3) is 0 Å². The number of hydrogen-bond donors (Lipinski definition) is 1. The second kappa shape index (κ2) is 7.31. The molecule has 1 saturated heterocycles. The first kappa shape index (κ1) is 14.9. The van der Waals surface area contributed by atoms with Crippen molar-refractivity contribution < 1.29 is 0 Å². The molecule has 1 atom stereocenters. The number of benzene rings is 1. The van der Waals surface area contributed by atoms with Crippen LogP contribution in [0, 0.1) is 24.2 Å². The maximum atomic E-state index is 9.34. The predicted molar refractivity (Wildman–Crippen MR) is 84.0 cm³/mol. The molecule has 0 radical (unpaired) electrons. The Kier molecular flexibility index (Phi) is 5.43. The number of rotatable bonds is 5. The monoisotopic (exact) mass is 271 g/mol. The average molecular weight is 271 g/mol. The van der Waals surface area contributed by atoms with Crippen LogP contribution in [0.4, 0.5) is 5.69 Å². The van der Waals surface area contributed by atoms with E-state index in [1.807, 2.05) is 12.1 Å². The summed E-state index contributed by atoms with van der Waals surface area (Å²) in [6, 6.07) is 8.47. The predicted octanol–water partition coefficient (Wildman–Crippen LogP) is 3.08. The zero-order chi connectivity index (χ0) is 14.4. The van der Waals surface area contributed by atoms with Crippen molar-refractivity contribution in [3.8, 4) is 6.07 Å². The summed E-state index contributed by atoms with van der Waals surface area (Å²) in [6.07, 6.45) is 3.67. The second-order valence-corrected chi connectivity index (χ2v) is 5.79. The molecule has 1 N–H and O–H groups in total. The van der Waals surface area contributed by atoms with E-state index in [4.69, 9.17) is 0 Å². The maximum Gasteiger partial charge on any atom is 0.101 e. The fourth-order valence-corrected chi connectivity index (χ4v) is 2.97. The molecule has 1 aliphatic rings. The fraction of sp³-hybridized carbons (Fsp3) is 0.588. The number of hydrogen-bond acceptors (Lipinski definition) is 3. The molecule has 1 aliphatic heterocycles. The van der Waals surface area contributed by atoms with Crippen LogP contribution in [-0.2, 0) is 0 Å². The molecule has 0 saturated carbocycles. The summed E-state index contributed by atoms with van der Waals surface area (Å²) in [5.74, 6) is 0.697. The van der Waals surface area contributed by atoms with Gasteiger partial charge in [0.05, 0.1) is 11.3 Å². The highest BCUT2D eigenvalue weighted by molar-refractivity contribution is 5.60. The molecule has 0 spiro atoms. The van der Waals surface area contributed by atoms with Crippen LogP contribution in [-0.4, -0.2) is 26.2 Å². The standard InChI is InChI=1S/C17H25N3/c1-3-9-20(13-15-5-4-8-19-12-15)17-10-14(2)6-7-16(17)11-18/h6-7,10,15,19H,3-5,8-9,12-13H2,1-2H3. The minimum atomic E-state index is 0.697. The van der Waals surface area contributed by atoms with Gasteiger partial charge in [-0.3, -0.25) is 0 Å². The van der Waals surface area contributed by atoms with E-state index in [0.29, 0.717) is 5.92 Å². The van der Waals surface area contributed by atoms with Gasteiger partial charge in [0.1, 0.15) is 6.07 Å². The molecule has 0 bridgehead atoms. The Morgan fingerprint density at radius 2 is 2.30 bits per heavy atom. The highest BCUT2D eigenvalue weighted by Crippen LogP contribution is 2.24. The van der Waals surface area contributed by atoms with E-state index in [-0.39, 0.29) is 0 Å². The van der Waals surface area contributed by atoms with E-state index in [9.17, 15) is 5.26 Å². The minimum Gasteiger partial charge on any atom is -0.370 e. The molecule has 0 amide bonds. The number of anilines is 1. The smallest absolute Gasteiger partial charge is 0.101 e. The number of nitrogens with zero attached hydrogens (tertiary/aromatic N) is 2. The van der Waals surface area contributed by atoms with Gasteiger partial charge in [-0.05, 0) is 62.9 Å². The molecule has 0 aromatic heterocycles. The van der Waals surface area contributed by atoms with Crippen LogP contribution in [0.2, 0.25) is 0 Å². The molecule has 0 aliphatic carbocycles. The normalized spacial score (nSPS) is 18.6. The van der Waals surface area contributed by atoms with Crippen molar-refractivity contribution in [2.24, 2.45) is 5.92 Å². The molecule has 3 nitrogen and oxygen atoms in total. The summed E-state index contributed by atoms with van der Waals surface area (Å²) in [5.41, 5.74) is 3.13. The molecule has 2 rings (SSSR count). The first-order valence-electron chi connectivity index (χ1n) is 7.71. The van der Waals surface area contributed by atoms with Gasteiger partial charge in [-0.15, -0.1) is 0 Å². The first-order chi connectivity index (χ1) is 9.74. The molecule has 1 fully saturated rings. The highest BCUT2D eigenvalue weighted by Gasteiger charge is 2.18. The fourth-order valence-electron chi connectivity index (χ4n) is 2.97. The van der Waals surface area contributed by atoms with E-state index in [1.54, 1.807) is 0 Å². The summed E-state index contributed by atoms with van der Waals surface area (Å²) in [6.45, 7) is 8.63. The Hall–Kier alpha value is -1.53. The first-order valence-corrected chi connectivity index (χ1v) is 7.71. The van der Waals surface area contributed by atoms with Crippen molar-refractivity contribution in [3.63, 3.8) is 0 Å². The summed E-state index contributed by atoms with van der Waals surface area (Å²) < 4.78 is 0. The number of nitrogens with one attached hydrogen (secondary N) is 1. The van der Waals surface area contributed by atoms with E-state index in [0.717, 1.165) is 43.9 Å². The third-order valence-electron chi connectivity index (χ3n) is 3.99. The van der Waals surface area contributed by atoms with Crippen LogP contribution in [0.5, 0.6) is 0 Å². The molecular weight excluding hydrogens is 246 g/mol. The lowest BCUT2D eigenvalue weighted by Crippen LogP contribution is -2.39. The summed E-state index contributed by atoms with van der Waals surface area (Å²) in [7, 11) is 0. The molecule has 3 heteroatoms. The lowest BCUT2D eigenvalue weighted by Gasteiger charge is -2.32. The zero-order valence-corrected chi connectivity index (χ0v) is 12.7. The van der Waals surface area contributed by atoms with Gasteiger partial charge in [0, 0.05) is 13.1 Å². The Balaban J connectivity index is 2.18. The molecule has 1 heterocycles. The van der Waals surface area contributed by atoms with E-state index in [1.165, 1.54) is 18.4 Å². The van der Waals surface area contributed by atoms with Crippen molar-refractivity contribution in [2.75, 3.05) is 31.1 Å². The lowest BCUT2D eigenvalue weighted by molar-refractivity contribution is 0.376. The van der Waals surface area contributed by atoms with E-state index in [2.05, 4.69) is 36.2 Å². The summed E-state index contributed by atoms with van der Waals surface area (Å²) in [4.78, 5) is 2.41. The van der Waals surface area contributed by atoms with Gasteiger partial charge in [0.2, 0.25) is 0 Å². The van der Waals surface area contributed by atoms with Crippen LogP contribution in [0.1, 0.15) is 37.3 Å². The lowest BCUT2D eigenvalue weighted by atomic mass is 9.98. The van der Waals surface area contributed by atoms with Gasteiger partial charge < -0.3 is 10.2 Å². The van der Waals surface area contributed by atoms with Crippen molar-refractivity contribution in [1.29, 1.82) is 5.26 Å². The van der Waals surface area contributed by atoms with Gasteiger partial charge >= 0.3 is 0 Å². The number of aryl methyl sites for hydroxylation is 1. The largest absolute Gasteiger partial charge is 0.370 e. The molecule has 108 valence electrons. The number of piperidine rings is 1. The van der Waals surface area contributed by atoms with Crippen molar-refractivity contribution in [1.82, 2.24) is 5.32 Å². The molecular formula is C17H25N3. The Morgan fingerprint density at radius 1 is 1.45 bits per heavy atom. The van der Waals surface area contributed by atoms with Gasteiger partial charge in [-0.25, -0.2) is 0 Å². The molecule has 1 unspecified atom stereocenters. The molecule has 20 heavy (non-hydrogen) atoms. The van der Waals surface area contributed by atoms with Crippen molar-refractivity contribution >= 4 is 5.69 Å². The summed E-state index contributed by atoms with van der Waals surface area (Å²) >= 11 is 0. The maximum absolute atomic E-state index is 9.34. The highest BCUT2D eigenvalue weighted by atomic mass is 15.1. The van der Waals surface area contributed by atoms with Gasteiger partial charge in [-0.1, -0.05) is 13.0 Å². The van der Waals surface area contributed by atoms with E-state index < -0.39 is 0 Å². The zero-order valence-electron chi connectivity index (χ0n) is 12.7. The Bertz CT molecular complexity index is 470. The van der Waals surface area contributed by atoms with E-state index >= 15 is 0 Å². The van der Waals surface area contributed by atoms with Gasteiger partial charge in [-0.2, -0.15) is 5.26 Å². The quantitative estimate of drug-likeness (QED) is 0.894. The van der Waals surface area contributed by atoms with Crippen molar-refractivity contribution in [2.45, 2.75) is 33.1 Å². The molecule has 1 aromatic rings. The minimum absolute atomic E-state index is 0.697. The van der Waals surface area contributed by atoms with Crippen molar-refractivity contribution in [3.05, 3.63) is 29.3 Å². The average Bonchev–Trinajstić information content (AvgIpc) is 2.48. The van der Waals surface area contributed by atoms with Crippen LogP contribution in [0.15, 0.2) is 18.2 Å². The van der Waals surface area contributed by atoms with Crippen LogP contribution < -0.4 is 10.2 Å². The third kappa shape index (κ3) is 3.74. The second-order valence-electron chi connectivity index (χ2n) is 5.79.